The predicted molar refractivity (Wildman–Crippen MR) is 227 cm³/mol. The number of piperidine rings is 3. The Morgan fingerprint density at radius 1 is 0.733 bits per heavy atom. The molecule has 308 valence electrons. The molecule has 5 fully saturated rings. The van der Waals surface area contributed by atoms with E-state index >= 15 is 0 Å². The van der Waals surface area contributed by atoms with Crippen LogP contribution in [-0.4, -0.2) is 73.4 Å². The average molecular weight is 805 g/mol. The molecule has 6 aliphatic rings. The Kier molecular flexibility index (Phi) is 8.81. The third-order valence-electron chi connectivity index (χ3n) is 14.5. The first-order chi connectivity index (χ1) is 29.2. The van der Waals surface area contributed by atoms with Gasteiger partial charge in [-0.1, -0.05) is 81.4 Å². The van der Waals surface area contributed by atoms with Crippen molar-refractivity contribution in [1.82, 2.24) is 40.4 Å². The summed E-state index contributed by atoms with van der Waals surface area (Å²) in [6.45, 7) is 6.26. The third-order valence-corrected chi connectivity index (χ3v) is 14.5. The van der Waals surface area contributed by atoms with E-state index in [1.54, 1.807) is 0 Å². The van der Waals surface area contributed by atoms with Gasteiger partial charge in [-0.05, 0) is 107 Å². The molecular formula is C48H52N8O4. The number of carbonyl (C=O) groups is 3. The highest BCUT2D eigenvalue weighted by molar-refractivity contribution is 5.87. The molecule has 12 heteroatoms. The minimum absolute atomic E-state index is 0.0454. The summed E-state index contributed by atoms with van der Waals surface area (Å²) in [4.78, 5) is 58.4. The van der Waals surface area contributed by atoms with Crippen molar-refractivity contribution in [2.45, 2.75) is 102 Å². The number of nitrogens with zero attached hydrogens (tertiary/aromatic N) is 4. The van der Waals surface area contributed by atoms with E-state index in [-0.39, 0.29) is 30.0 Å². The Bertz CT molecular complexity index is 2490. The van der Waals surface area contributed by atoms with Crippen LogP contribution in [0.2, 0.25) is 0 Å². The summed E-state index contributed by atoms with van der Waals surface area (Å²) < 4.78 is 4.83. The molecule has 60 heavy (non-hydrogen) atoms. The molecule has 2 saturated carbocycles. The number of carbonyl (C=O) groups excluding carboxylic acids is 3. The normalized spacial score (nSPS) is 28.6. The summed E-state index contributed by atoms with van der Waals surface area (Å²) >= 11 is 0. The smallest absolute Gasteiger partial charge is 0.407 e. The lowest BCUT2D eigenvalue weighted by Gasteiger charge is -2.31. The van der Waals surface area contributed by atoms with E-state index in [2.05, 4.69) is 88.2 Å². The zero-order chi connectivity index (χ0) is 41.0. The quantitative estimate of drug-likeness (QED) is 0.104. The summed E-state index contributed by atoms with van der Waals surface area (Å²) in [7, 11) is 1.32. The molecule has 12 nitrogen and oxygen atoms in total. The maximum absolute atomic E-state index is 13.9. The number of H-pyrrole nitrogens is 2. The molecule has 10 unspecified atom stereocenters. The molecule has 4 N–H and O–H groups in total. The Morgan fingerprint density at radius 2 is 1.25 bits per heavy atom. The van der Waals surface area contributed by atoms with Gasteiger partial charge in [0.25, 0.3) is 0 Å². The first-order valence-corrected chi connectivity index (χ1v) is 21.8. The van der Waals surface area contributed by atoms with Crippen molar-refractivity contribution in [2.75, 3.05) is 7.11 Å². The van der Waals surface area contributed by atoms with Crippen molar-refractivity contribution in [3.8, 4) is 44.8 Å². The summed E-state index contributed by atoms with van der Waals surface area (Å²) in [5, 5.41) is 6.75. The van der Waals surface area contributed by atoms with Crippen LogP contribution in [0.1, 0.15) is 106 Å². The number of hydrogen-bond acceptors (Lipinski definition) is 7. The number of aromatic amines is 2. The van der Waals surface area contributed by atoms with Gasteiger partial charge in [0.05, 0.1) is 43.0 Å². The second-order valence-electron chi connectivity index (χ2n) is 18.6. The molecule has 2 bridgehead atoms. The number of rotatable bonds is 10. The number of hydrogen-bond donors (Lipinski definition) is 4. The van der Waals surface area contributed by atoms with Crippen LogP contribution in [0.3, 0.4) is 0 Å². The molecule has 2 aliphatic carbocycles. The van der Waals surface area contributed by atoms with Gasteiger partial charge in [0.1, 0.15) is 17.7 Å². The standard InChI is InChI=1S/C48H52N8O4/c1-24(2)44(54-48(59)60-4)47(58)56-39-18-31(39)20-41(56)46-50-22-37(53-46)29-11-7-27(8-12-29)33-14-13-32(42-34-15-25(3)16-35(51-34)43(33)42)26-5-9-28(10-6-26)36-21-49-45(52-36)40-19-30-17-38(30)55(40)23-57/h5-14,21-25,30-31,34-35,38-41,44,51H,15-20H2,1-4H3,(H,49,52)(H,50,53)(H,54,59). The fraction of sp³-hybridized carbons (Fsp3) is 0.438. The van der Waals surface area contributed by atoms with Crippen LogP contribution < -0.4 is 10.6 Å². The number of alkyl carbamates (subject to hydrolysis) is 1. The fourth-order valence-corrected chi connectivity index (χ4v) is 11.3. The van der Waals surface area contributed by atoms with Crippen LogP contribution in [0.25, 0.3) is 44.8 Å². The molecule has 4 aliphatic heterocycles. The minimum atomic E-state index is -0.665. The summed E-state index contributed by atoms with van der Waals surface area (Å²) in [6, 6.07) is 22.6. The largest absolute Gasteiger partial charge is 0.453 e. The number of fused-ring (bicyclic) bond motifs is 7. The number of ether oxygens (including phenoxy) is 1. The van der Waals surface area contributed by atoms with E-state index in [1.165, 1.54) is 40.5 Å². The maximum atomic E-state index is 13.9. The first kappa shape index (κ1) is 37.3. The van der Waals surface area contributed by atoms with Crippen LogP contribution in [-0.2, 0) is 14.3 Å². The van der Waals surface area contributed by atoms with E-state index in [0.29, 0.717) is 35.9 Å². The number of likely N-dealkylation sites (tertiary alicyclic amines) is 2. The van der Waals surface area contributed by atoms with E-state index in [0.717, 1.165) is 79.1 Å². The molecule has 2 aromatic heterocycles. The molecule has 10 atom stereocenters. The molecule has 3 aromatic carbocycles. The fourth-order valence-electron chi connectivity index (χ4n) is 11.3. The molecule has 0 radical (unpaired) electrons. The number of methoxy groups -OCH3 is 1. The van der Waals surface area contributed by atoms with Crippen LogP contribution >= 0.6 is 0 Å². The van der Waals surface area contributed by atoms with E-state index < -0.39 is 12.1 Å². The maximum Gasteiger partial charge on any atom is 0.407 e. The Labute approximate surface area is 349 Å². The van der Waals surface area contributed by atoms with Crippen molar-refractivity contribution in [3.05, 3.63) is 95.8 Å². The number of nitrogens with one attached hydrogen (secondary N) is 4. The summed E-state index contributed by atoms with van der Waals surface area (Å²) in [6.07, 6.45) is 10.4. The van der Waals surface area contributed by atoms with E-state index in [1.807, 2.05) is 36.0 Å². The predicted octanol–water partition coefficient (Wildman–Crippen LogP) is 8.25. The zero-order valence-corrected chi connectivity index (χ0v) is 34.5. The van der Waals surface area contributed by atoms with Crippen LogP contribution in [0, 0.1) is 23.7 Å². The van der Waals surface area contributed by atoms with Gasteiger partial charge in [0.2, 0.25) is 12.3 Å². The zero-order valence-electron chi connectivity index (χ0n) is 34.5. The van der Waals surface area contributed by atoms with Gasteiger partial charge < -0.3 is 35.1 Å². The minimum Gasteiger partial charge on any atom is -0.453 e. The van der Waals surface area contributed by atoms with Gasteiger partial charge in [-0.3, -0.25) is 9.59 Å². The molecule has 0 spiro atoms. The number of imidazole rings is 2. The lowest BCUT2D eigenvalue weighted by Crippen LogP contribution is -2.52. The summed E-state index contributed by atoms with van der Waals surface area (Å²) in [5.41, 5.74) is 11.8. The molecular weight excluding hydrogens is 753 g/mol. The van der Waals surface area contributed by atoms with Crippen LogP contribution in [0.15, 0.2) is 73.1 Å². The lowest BCUT2D eigenvalue weighted by atomic mass is 9.86. The Morgan fingerprint density at radius 3 is 1.80 bits per heavy atom. The van der Waals surface area contributed by atoms with Crippen molar-refractivity contribution in [1.29, 1.82) is 0 Å². The molecule has 3 amide bonds. The van der Waals surface area contributed by atoms with Crippen molar-refractivity contribution < 1.29 is 19.1 Å². The third kappa shape index (κ3) is 6.16. The number of benzene rings is 3. The highest BCUT2D eigenvalue weighted by Gasteiger charge is 2.56. The molecule has 6 heterocycles. The first-order valence-electron chi connectivity index (χ1n) is 21.8. The van der Waals surface area contributed by atoms with Gasteiger partial charge in [-0.25, -0.2) is 14.8 Å². The Balaban J connectivity index is 0.845. The van der Waals surface area contributed by atoms with Gasteiger partial charge in [0, 0.05) is 24.2 Å². The second-order valence-corrected chi connectivity index (χ2v) is 18.6. The van der Waals surface area contributed by atoms with E-state index in [9.17, 15) is 14.4 Å². The highest BCUT2D eigenvalue weighted by Crippen LogP contribution is 2.55. The molecule has 11 rings (SSSR count). The van der Waals surface area contributed by atoms with Gasteiger partial charge in [0.15, 0.2) is 0 Å². The monoisotopic (exact) mass is 804 g/mol. The van der Waals surface area contributed by atoms with Crippen molar-refractivity contribution >= 4 is 18.4 Å². The molecule has 5 aromatic rings. The van der Waals surface area contributed by atoms with Gasteiger partial charge in [-0.2, -0.15) is 0 Å². The van der Waals surface area contributed by atoms with E-state index in [4.69, 9.17) is 14.7 Å². The SMILES string of the molecule is COC(=O)NC(C(=O)N1C(c2ncc(-c3ccc(-c4ccc(-c5ccc(-c6cnc(C7CC8CC8N7C=O)[nH]6)cc5)c5c4C4CC(C)CC5N4)cc3)[nH]2)CC2CC21)C(C)C. The van der Waals surface area contributed by atoms with Crippen molar-refractivity contribution in [3.63, 3.8) is 0 Å². The topological polar surface area (TPSA) is 148 Å². The van der Waals surface area contributed by atoms with Crippen molar-refractivity contribution in [2.24, 2.45) is 23.7 Å². The number of amides is 3. The number of aromatic nitrogens is 4. The van der Waals surface area contributed by atoms with Gasteiger partial charge >= 0.3 is 6.09 Å². The Hall–Kier alpha value is -5.75. The van der Waals surface area contributed by atoms with Crippen LogP contribution in [0.4, 0.5) is 4.79 Å². The van der Waals surface area contributed by atoms with Crippen LogP contribution in [0.5, 0.6) is 0 Å². The molecule has 3 saturated heterocycles. The van der Waals surface area contributed by atoms with Gasteiger partial charge in [-0.15, -0.1) is 0 Å². The lowest BCUT2D eigenvalue weighted by molar-refractivity contribution is -0.136. The highest BCUT2D eigenvalue weighted by atomic mass is 16.5. The average Bonchev–Trinajstić information content (AvgIpc) is 3.78. The summed E-state index contributed by atoms with van der Waals surface area (Å²) in [5.74, 6) is 3.20. The second kappa shape index (κ2) is 14.2.